The van der Waals surface area contributed by atoms with E-state index in [0.29, 0.717) is 16.8 Å². The Morgan fingerprint density at radius 3 is 3.06 bits per heavy atom. The molecule has 0 aliphatic carbocycles. The van der Waals surface area contributed by atoms with Gasteiger partial charge >= 0.3 is 0 Å². The third-order valence-corrected chi connectivity index (χ3v) is 4.18. The fourth-order valence-corrected chi connectivity index (χ4v) is 2.91. The van der Waals surface area contributed by atoms with Crippen molar-refractivity contribution in [1.29, 1.82) is 0 Å². The lowest BCUT2D eigenvalue weighted by Crippen LogP contribution is -2.30. The Bertz CT molecular complexity index is 412. The first-order valence-corrected chi connectivity index (χ1v) is 7.27. The molecule has 0 spiro atoms. The maximum atomic E-state index is 11.7. The second-order valence-corrected chi connectivity index (χ2v) is 5.65. The monoisotopic (exact) mass is 286 g/mol. The van der Waals surface area contributed by atoms with Crippen molar-refractivity contribution in [2.24, 2.45) is 0 Å². The number of carbonyl (C=O) groups is 1. The second-order valence-electron chi connectivity index (χ2n) is 4.02. The summed E-state index contributed by atoms with van der Waals surface area (Å²) < 4.78 is 0. The topological polar surface area (TPSA) is 66.9 Å². The lowest BCUT2D eigenvalue weighted by atomic mass is 10.2. The minimum absolute atomic E-state index is 0.0479. The number of aromatic nitrogens is 2. The molecular formula is C11H15ClN4OS. The summed E-state index contributed by atoms with van der Waals surface area (Å²) >= 11 is 7.34. The van der Waals surface area contributed by atoms with Crippen LogP contribution in [0.2, 0.25) is 5.28 Å². The highest BCUT2D eigenvalue weighted by molar-refractivity contribution is 8.00. The Balaban J connectivity index is 1.74. The molecule has 0 saturated carbocycles. The van der Waals surface area contributed by atoms with E-state index in [1.807, 2.05) is 0 Å². The van der Waals surface area contributed by atoms with Crippen molar-refractivity contribution in [2.75, 3.05) is 24.2 Å². The molecule has 0 bridgehead atoms. The molecule has 1 aromatic rings. The quantitative estimate of drug-likeness (QED) is 0.822. The molecule has 1 saturated heterocycles. The van der Waals surface area contributed by atoms with Gasteiger partial charge in [-0.05, 0) is 43.6 Å². The maximum absolute atomic E-state index is 11.7. The van der Waals surface area contributed by atoms with Crippen LogP contribution in [0.5, 0.6) is 0 Å². The minimum atomic E-state index is -0.0479. The van der Waals surface area contributed by atoms with E-state index in [9.17, 15) is 4.79 Å². The van der Waals surface area contributed by atoms with E-state index in [1.165, 1.54) is 6.20 Å². The lowest BCUT2D eigenvalue weighted by molar-refractivity contribution is -0.113. The molecule has 0 radical (unpaired) electrons. The first-order valence-electron chi connectivity index (χ1n) is 5.85. The molecule has 5 nitrogen and oxygen atoms in total. The van der Waals surface area contributed by atoms with E-state index < -0.39 is 0 Å². The number of nitrogens with one attached hydrogen (secondary N) is 2. The zero-order valence-electron chi connectivity index (χ0n) is 9.86. The van der Waals surface area contributed by atoms with Gasteiger partial charge in [-0.1, -0.05) is 0 Å². The van der Waals surface area contributed by atoms with E-state index >= 15 is 0 Å². The van der Waals surface area contributed by atoms with Crippen molar-refractivity contribution >= 4 is 35.1 Å². The molecule has 18 heavy (non-hydrogen) atoms. The van der Waals surface area contributed by atoms with Gasteiger partial charge in [0.25, 0.3) is 0 Å². The van der Waals surface area contributed by atoms with Gasteiger partial charge in [-0.3, -0.25) is 4.79 Å². The van der Waals surface area contributed by atoms with Gasteiger partial charge in [0.15, 0.2) is 0 Å². The number of rotatable bonds is 4. The molecule has 1 fully saturated rings. The molecule has 1 aromatic heterocycles. The molecule has 1 aliphatic rings. The van der Waals surface area contributed by atoms with E-state index in [2.05, 4.69) is 20.6 Å². The third-order valence-electron chi connectivity index (χ3n) is 2.63. The van der Waals surface area contributed by atoms with E-state index in [4.69, 9.17) is 11.6 Å². The van der Waals surface area contributed by atoms with Gasteiger partial charge in [-0.25, -0.2) is 9.97 Å². The van der Waals surface area contributed by atoms with Gasteiger partial charge < -0.3 is 10.6 Å². The highest BCUT2D eigenvalue weighted by atomic mass is 35.5. The average Bonchev–Trinajstić information content (AvgIpc) is 2.38. The Morgan fingerprint density at radius 2 is 2.33 bits per heavy atom. The largest absolute Gasteiger partial charge is 0.317 e. The van der Waals surface area contributed by atoms with Gasteiger partial charge in [0.05, 0.1) is 5.75 Å². The molecule has 2 N–H and O–H groups in total. The number of hydrogen-bond donors (Lipinski definition) is 2. The zero-order chi connectivity index (χ0) is 12.8. The van der Waals surface area contributed by atoms with Crippen LogP contribution in [0.1, 0.15) is 12.8 Å². The Morgan fingerprint density at radius 1 is 1.56 bits per heavy atom. The number of hydrogen-bond acceptors (Lipinski definition) is 5. The van der Waals surface area contributed by atoms with E-state index in [1.54, 1.807) is 17.8 Å². The van der Waals surface area contributed by atoms with Crippen molar-refractivity contribution in [3.63, 3.8) is 0 Å². The van der Waals surface area contributed by atoms with Crippen LogP contribution < -0.4 is 10.6 Å². The van der Waals surface area contributed by atoms with Crippen molar-refractivity contribution < 1.29 is 4.79 Å². The number of anilines is 1. The van der Waals surface area contributed by atoms with Crippen molar-refractivity contribution in [2.45, 2.75) is 18.1 Å². The van der Waals surface area contributed by atoms with Crippen LogP contribution >= 0.6 is 23.4 Å². The van der Waals surface area contributed by atoms with Gasteiger partial charge in [0.2, 0.25) is 11.2 Å². The SMILES string of the molecule is O=C(CSC1CCNCC1)Nc1ccnc(Cl)n1. The standard InChI is InChI=1S/C11H15ClN4OS/c12-11-14-6-3-9(16-11)15-10(17)7-18-8-1-4-13-5-2-8/h3,6,8,13H,1-2,4-5,7H2,(H,14,15,16,17). The molecule has 7 heteroatoms. The normalized spacial score (nSPS) is 16.5. The van der Waals surface area contributed by atoms with Crippen molar-refractivity contribution in [3.05, 3.63) is 17.5 Å². The van der Waals surface area contributed by atoms with Gasteiger partial charge in [0.1, 0.15) is 5.82 Å². The van der Waals surface area contributed by atoms with Gasteiger partial charge in [0, 0.05) is 11.4 Å². The summed E-state index contributed by atoms with van der Waals surface area (Å²) in [5.74, 6) is 0.853. The van der Waals surface area contributed by atoms with Crippen molar-refractivity contribution in [1.82, 2.24) is 15.3 Å². The fraction of sp³-hybridized carbons (Fsp3) is 0.545. The Labute approximate surface area is 115 Å². The summed E-state index contributed by atoms with van der Waals surface area (Å²) in [6, 6.07) is 1.62. The van der Waals surface area contributed by atoms with Crippen LogP contribution in [0.25, 0.3) is 0 Å². The molecule has 2 heterocycles. The van der Waals surface area contributed by atoms with E-state index in [0.717, 1.165) is 25.9 Å². The number of amides is 1. The smallest absolute Gasteiger partial charge is 0.235 e. The van der Waals surface area contributed by atoms with Crippen LogP contribution in [0.15, 0.2) is 12.3 Å². The van der Waals surface area contributed by atoms with Crippen molar-refractivity contribution in [3.8, 4) is 0 Å². The maximum Gasteiger partial charge on any atom is 0.235 e. The number of nitrogens with zero attached hydrogens (tertiary/aromatic N) is 2. The molecule has 0 unspecified atom stereocenters. The molecule has 1 amide bonds. The molecular weight excluding hydrogens is 272 g/mol. The molecule has 0 aromatic carbocycles. The summed E-state index contributed by atoms with van der Waals surface area (Å²) in [6.45, 7) is 2.08. The van der Waals surface area contributed by atoms with Crippen LogP contribution in [0.4, 0.5) is 5.82 Å². The highest BCUT2D eigenvalue weighted by Crippen LogP contribution is 2.20. The fourth-order valence-electron chi connectivity index (χ4n) is 1.74. The number of carbonyl (C=O) groups excluding carboxylic acids is 1. The average molecular weight is 287 g/mol. The van der Waals surface area contributed by atoms with Crippen LogP contribution in [0.3, 0.4) is 0 Å². The molecule has 0 atom stereocenters. The van der Waals surface area contributed by atoms with Crippen LogP contribution in [-0.4, -0.2) is 40.0 Å². The van der Waals surface area contributed by atoms with Crippen LogP contribution in [-0.2, 0) is 4.79 Å². The third kappa shape index (κ3) is 4.44. The first-order chi connectivity index (χ1) is 8.74. The summed E-state index contributed by atoms with van der Waals surface area (Å²) in [5.41, 5.74) is 0. The van der Waals surface area contributed by atoms with Gasteiger partial charge in [-0.2, -0.15) is 0 Å². The molecule has 2 rings (SSSR count). The Hall–Kier alpha value is -0.850. The summed E-state index contributed by atoms with van der Waals surface area (Å²) in [5, 5.41) is 6.73. The second kappa shape index (κ2) is 6.92. The summed E-state index contributed by atoms with van der Waals surface area (Å²) in [6.07, 6.45) is 3.76. The number of halogens is 1. The van der Waals surface area contributed by atoms with Gasteiger partial charge in [-0.15, -0.1) is 11.8 Å². The Kier molecular flexibility index (Phi) is 5.22. The number of piperidine rings is 1. The summed E-state index contributed by atoms with van der Waals surface area (Å²) in [4.78, 5) is 19.4. The predicted molar refractivity (Wildman–Crippen MR) is 74.0 cm³/mol. The number of thioether (sulfide) groups is 1. The van der Waals surface area contributed by atoms with E-state index in [-0.39, 0.29) is 11.2 Å². The highest BCUT2D eigenvalue weighted by Gasteiger charge is 2.15. The molecule has 98 valence electrons. The predicted octanol–water partition coefficient (Wildman–Crippen LogP) is 1.55. The lowest BCUT2D eigenvalue weighted by Gasteiger charge is -2.21. The first kappa shape index (κ1) is 13.6. The minimum Gasteiger partial charge on any atom is -0.317 e. The molecule has 1 aliphatic heterocycles. The van der Waals surface area contributed by atoms with Crippen LogP contribution in [0, 0.1) is 0 Å². The summed E-state index contributed by atoms with van der Waals surface area (Å²) in [7, 11) is 0. The zero-order valence-corrected chi connectivity index (χ0v) is 11.4.